The Labute approximate surface area is 177 Å². The van der Waals surface area contributed by atoms with Crippen molar-refractivity contribution in [1.82, 2.24) is 0 Å². The number of methoxy groups -OCH3 is 2. The van der Waals surface area contributed by atoms with Gasteiger partial charge in [0.15, 0.2) is 18.1 Å². The lowest BCUT2D eigenvalue weighted by molar-refractivity contribution is -0.143. The maximum Gasteiger partial charge on any atom is 0.416 e. The van der Waals surface area contributed by atoms with Crippen LogP contribution in [0.15, 0.2) is 30.3 Å². The number of carbonyl (C=O) groups excluding carboxylic acids is 2. The van der Waals surface area contributed by atoms with Crippen LogP contribution in [0.2, 0.25) is 0 Å². The second-order valence-electron chi connectivity index (χ2n) is 6.21. The molecule has 0 aromatic heterocycles. The predicted octanol–water partition coefficient (Wildman–Crippen LogP) is 3.86. The van der Waals surface area contributed by atoms with Gasteiger partial charge in [0, 0.05) is 11.3 Å². The monoisotopic (exact) mass is 466 g/mol. The highest BCUT2D eigenvalue weighted by Gasteiger charge is 2.37. The largest absolute Gasteiger partial charge is 0.493 e. The van der Waals surface area contributed by atoms with Gasteiger partial charge in [0.25, 0.3) is 11.8 Å². The lowest BCUT2D eigenvalue weighted by Crippen LogP contribution is -2.20. The van der Waals surface area contributed by atoms with Gasteiger partial charge in [0.05, 0.1) is 25.3 Å². The Kier molecular flexibility index (Phi) is 7.11. The molecule has 0 bridgehead atoms. The van der Waals surface area contributed by atoms with E-state index >= 15 is 0 Å². The Hall–Kier alpha value is -3.64. The number of carbonyl (C=O) groups is 2. The standard InChI is InChI=1S/C19H16F6N2O5/c1-30-13-3-9(4-14(31-2)16(13)32-8-15(26)28)17(29)27-12-6-10(18(20,21)22)5-11(7-12)19(23,24)25/h3-7H,8H2,1-2H3,(H2,26,28)(H,27,29). The first kappa shape index (κ1) is 24.6. The van der Waals surface area contributed by atoms with Crippen LogP contribution in [0, 0.1) is 0 Å². The molecule has 2 aromatic rings. The second-order valence-corrected chi connectivity index (χ2v) is 6.21. The molecule has 2 rings (SSSR count). The van der Waals surface area contributed by atoms with Gasteiger partial charge in [-0.2, -0.15) is 26.3 Å². The van der Waals surface area contributed by atoms with Crippen molar-refractivity contribution >= 4 is 17.5 Å². The maximum absolute atomic E-state index is 13.0. The van der Waals surface area contributed by atoms with Gasteiger partial charge in [-0.1, -0.05) is 0 Å². The summed E-state index contributed by atoms with van der Waals surface area (Å²) in [6.45, 7) is -0.553. The summed E-state index contributed by atoms with van der Waals surface area (Å²) in [5.74, 6) is -2.17. The highest BCUT2D eigenvalue weighted by Crippen LogP contribution is 2.40. The lowest BCUT2D eigenvalue weighted by atomic mass is 10.1. The Morgan fingerprint density at radius 1 is 0.875 bits per heavy atom. The maximum atomic E-state index is 13.0. The van der Waals surface area contributed by atoms with E-state index in [1.807, 2.05) is 5.32 Å². The number of anilines is 1. The quantitative estimate of drug-likeness (QED) is 0.604. The molecule has 13 heteroatoms. The van der Waals surface area contributed by atoms with Crippen molar-refractivity contribution in [2.75, 3.05) is 26.1 Å². The van der Waals surface area contributed by atoms with Gasteiger partial charge in [0.2, 0.25) is 5.75 Å². The Morgan fingerprint density at radius 3 is 1.72 bits per heavy atom. The summed E-state index contributed by atoms with van der Waals surface area (Å²) >= 11 is 0. The number of alkyl halides is 6. The molecule has 3 N–H and O–H groups in total. The molecule has 0 radical (unpaired) electrons. The van der Waals surface area contributed by atoms with Gasteiger partial charge in [0.1, 0.15) is 0 Å². The number of nitrogens with two attached hydrogens (primary N) is 1. The Balaban J connectivity index is 2.45. The third kappa shape index (κ3) is 5.95. The van der Waals surface area contributed by atoms with Crippen molar-refractivity contribution in [3.8, 4) is 17.2 Å². The van der Waals surface area contributed by atoms with E-state index in [0.29, 0.717) is 12.1 Å². The SMILES string of the molecule is COc1cc(C(=O)Nc2cc(C(F)(F)F)cc(C(F)(F)F)c2)cc(OC)c1OCC(N)=O. The normalized spacial score (nSPS) is 11.6. The van der Waals surface area contributed by atoms with Crippen molar-refractivity contribution in [1.29, 1.82) is 0 Å². The average molecular weight is 466 g/mol. The molecule has 0 aliphatic carbocycles. The third-order valence-electron chi connectivity index (χ3n) is 3.93. The first-order chi connectivity index (χ1) is 14.8. The van der Waals surface area contributed by atoms with Gasteiger partial charge < -0.3 is 25.3 Å². The molecule has 0 spiro atoms. The van der Waals surface area contributed by atoms with Crippen LogP contribution in [0.1, 0.15) is 21.5 Å². The van der Waals surface area contributed by atoms with Crippen LogP contribution < -0.4 is 25.3 Å². The highest BCUT2D eigenvalue weighted by molar-refractivity contribution is 6.05. The van der Waals surface area contributed by atoms with Crippen LogP contribution >= 0.6 is 0 Å². The number of hydrogen-bond acceptors (Lipinski definition) is 5. The molecule has 7 nitrogen and oxygen atoms in total. The Bertz CT molecular complexity index is 963. The van der Waals surface area contributed by atoms with Crippen molar-refractivity contribution in [2.45, 2.75) is 12.4 Å². The summed E-state index contributed by atoms with van der Waals surface area (Å²) in [6, 6.07) is 2.85. The number of hydrogen-bond donors (Lipinski definition) is 2. The van der Waals surface area contributed by atoms with E-state index in [1.165, 1.54) is 14.2 Å². The zero-order valence-corrected chi connectivity index (χ0v) is 16.5. The fourth-order valence-corrected chi connectivity index (χ4v) is 2.53. The van der Waals surface area contributed by atoms with Crippen molar-refractivity contribution < 1.29 is 50.1 Å². The van der Waals surface area contributed by atoms with Crippen LogP contribution in [-0.4, -0.2) is 32.6 Å². The zero-order chi connectivity index (χ0) is 24.3. The summed E-state index contributed by atoms with van der Waals surface area (Å²) in [4.78, 5) is 23.5. The van der Waals surface area contributed by atoms with E-state index in [9.17, 15) is 35.9 Å². The number of primary amides is 1. The van der Waals surface area contributed by atoms with Gasteiger partial charge in [-0.3, -0.25) is 9.59 Å². The van der Waals surface area contributed by atoms with Crippen LogP contribution in [0.5, 0.6) is 17.2 Å². The van der Waals surface area contributed by atoms with Crippen molar-refractivity contribution in [3.05, 3.63) is 47.0 Å². The van der Waals surface area contributed by atoms with E-state index in [1.54, 1.807) is 0 Å². The highest BCUT2D eigenvalue weighted by atomic mass is 19.4. The van der Waals surface area contributed by atoms with E-state index < -0.39 is 47.6 Å². The van der Waals surface area contributed by atoms with Crippen molar-refractivity contribution in [3.63, 3.8) is 0 Å². The minimum absolute atomic E-state index is 0.0629. The number of amides is 2. The summed E-state index contributed by atoms with van der Waals surface area (Å²) in [7, 11) is 2.38. The molecule has 0 unspecified atom stereocenters. The van der Waals surface area contributed by atoms with E-state index in [2.05, 4.69) is 0 Å². The molecule has 2 amide bonds. The van der Waals surface area contributed by atoms with Crippen LogP contribution in [0.3, 0.4) is 0 Å². The predicted molar refractivity (Wildman–Crippen MR) is 98.6 cm³/mol. The van der Waals surface area contributed by atoms with Gasteiger partial charge in [-0.05, 0) is 30.3 Å². The molecular formula is C19H16F6N2O5. The molecule has 0 aliphatic rings. The van der Waals surface area contributed by atoms with Crippen LogP contribution in [-0.2, 0) is 17.1 Å². The lowest BCUT2D eigenvalue weighted by Gasteiger charge is -2.17. The number of benzene rings is 2. The smallest absolute Gasteiger partial charge is 0.416 e. The summed E-state index contributed by atoms with van der Waals surface area (Å²) in [5.41, 5.74) is 0.851. The van der Waals surface area contributed by atoms with Gasteiger partial charge in [-0.15, -0.1) is 0 Å². The van der Waals surface area contributed by atoms with E-state index in [4.69, 9.17) is 19.9 Å². The first-order valence-electron chi connectivity index (χ1n) is 8.54. The van der Waals surface area contributed by atoms with E-state index in [-0.39, 0.29) is 28.9 Å². The fraction of sp³-hybridized carbons (Fsp3) is 0.263. The van der Waals surface area contributed by atoms with Crippen LogP contribution in [0.25, 0.3) is 0 Å². The van der Waals surface area contributed by atoms with Crippen molar-refractivity contribution in [2.24, 2.45) is 5.73 Å². The minimum Gasteiger partial charge on any atom is -0.493 e. The first-order valence-corrected chi connectivity index (χ1v) is 8.54. The number of halogens is 6. The second kappa shape index (κ2) is 9.24. The molecular weight excluding hydrogens is 450 g/mol. The summed E-state index contributed by atoms with van der Waals surface area (Å²) in [5, 5.41) is 1.99. The topological polar surface area (TPSA) is 99.9 Å². The summed E-state index contributed by atoms with van der Waals surface area (Å²) in [6.07, 6.45) is -10.2. The fourth-order valence-electron chi connectivity index (χ4n) is 2.53. The molecule has 2 aromatic carbocycles. The molecule has 174 valence electrons. The average Bonchev–Trinajstić information content (AvgIpc) is 2.69. The minimum atomic E-state index is -5.08. The van der Waals surface area contributed by atoms with Gasteiger partial charge >= 0.3 is 12.4 Å². The van der Waals surface area contributed by atoms with E-state index in [0.717, 1.165) is 12.1 Å². The molecule has 0 atom stereocenters. The number of nitrogens with one attached hydrogen (secondary N) is 1. The summed E-state index contributed by atoms with van der Waals surface area (Å²) < 4.78 is 93.3. The molecule has 0 heterocycles. The molecule has 0 saturated heterocycles. The number of ether oxygens (including phenoxy) is 3. The number of rotatable bonds is 7. The third-order valence-corrected chi connectivity index (χ3v) is 3.93. The molecule has 0 saturated carbocycles. The Morgan fingerprint density at radius 2 is 1.34 bits per heavy atom. The molecule has 32 heavy (non-hydrogen) atoms. The molecule has 0 aliphatic heterocycles. The zero-order valence-electron chi connectivity index (χ0n) is 16.5. The van der Waals surface area contributed by atoms with Gasteiger partial charge in [-0.25, -0.2) is 0 Å². The molecule has 0 fully saturated rings. The van der Waals surface area contributed by atoms with Crippen LogP contribution in [0.4, 0.5) is 32.0 Å².